The van der Waals surface area contributed by atoms with Crippen LogP contribution in [0.4, 0.5) is 20.2 Å². The summed E-state index contributed by atoms with van der Waals surface area (Å²) in [5.74, 6) is -2.42. The van der Waals surface area contributed by atoms with Gasteiger partial charge in [0.2, 0.25) is 9.84 Å². The third-order valence-electron chi connectivity index (χ3n) is 6.61. The zero-order valence-electron chi connectivity index (χ0n) is 23.9. The molecule has 10 nitrogen and oxygen atoms in total. The van der Waals surface area contributed by atoms with E-state index in [-0.39, 0.29) is 4.90 Å². The first kappa shape index (κ1) is 30.9. The van der Waals surface area contributed by atoms with Crippen LogP contribution in [0.15, 0.2) is 70.6 Å². The van der Waals surface area contributed by atoms with Crippen LogP contribution in [-0.2, 0) is 14.6 Å². The molecule has 0 aliphatic carbocycles. The molecule has 0 fully saturated rings. The normalized spacial score (nSPS) is 11.7. The molecular formula is C29H34F2N6O4S. The van der Waals surface area contributed by atoms with Crippen molar-refractivity contribution in [3.8, 4) is 0 Å². The largest absolute Gasteiger partial charge is 0.385 e. The number of nitrogens with one attached hydrogen (secondary N) is 2. The summed E-state index contributed by atoms with van der Waals surface area (Å²) in [6.45, 7) is 2.71. The van der Waals surface area contributed by atoms with Gasteiger partial charge in [-0.15, -0.1) is 0 Å². The SMILES string of the molecule is COCCCNc1c(C(=O)Nn2ncc3cc(S(=O)(=O)c4cc(F)cc(F)c4)ccc32)cccc1N(C)CCN(C)C. The molecule has 0 spiro atoms. The van der Waals surface area contributed by atoms with E-state index in [0.717, 1.165) is 37.3 Å². The Hall–Kier alpha value is -4.07. The lowest BCUT2D eigenvalue weighted by atomic mass is 10.1. The fourth-order valence-electron chi connectivity index (χ4n) is 4.38. The number of hydrogen-bond donors (Lipinski definition) is 2. The first-order valence-electron chi connectivity index (χ1n) is 13.2. The molecule has 0 radical (unpaired) electrons. The lowest BCUT2D eigenvalue weighted by Crippen LogP contribution is -2.30. The van der Waals surface area contributed by atoms with Gasteiger partial charge in [0.25, 0.3) is 5.91 Å². The van der Waals surface area contributed by atoms with Crippen molar-refractivity contribution < 1.29 is 26.7 Å². The van der Waals surface area contributed by atoms with Crippen molar-refractivity contribution in [2.24, 2.45) is 0 Å². The summed E-state index contributed by atoms with van der Waals surface area (Å²) >= 11 is 0. The quantitative estimate of drug-likeness (QED) is 0.222. The Morgan fingerprint density at radius 1 is 1.00 bits per heavy atom. The first-order valence-corrected chi connectivity index (χ1v) is 14.7. The van der Waals surface area contributed by atoms with Crippen LogP contribution in [0.5, 0.6) is 0 Å². The maximum absolute atomic E-state index is 13.7. The molecule has 1 heterocycles. The highest BCUT2D eigenvalue weighted by atomic mass is 32.2. The highest BCUT2D eigenvalue weighted by molar-refractivity contribution is 7.91. The Kier molecular flexibility index (Phi) is 9.76. The molecule has 0 bridgehead atoms. The molecular weight excluding hydrogens is 566 g/mol. The zero-order valence-corrected chi connectivity index (χ0v) is 24.7. The van der Waals surface area contributed by atoms with Crippen molar-refractivity contribution in [1.82, 2.24) is 14.8 Å². The van der Waals surface area contributed by atoms with Crippen LogP contribution in [0.1, 0.15) is 16.8 Å². The van der Waals surface area contributed by atoms with Gasteiger partial charge < -0.3 is 19.9 Å². The molecule has 0 aliphatic rings. The van der Waals surface area contributed by atoms with E-state index in [1.165, 1.54) is 29.2 Å². The standard InChI is InChI=1S/C29H34F2N6O4S/c1-35(2)12-13-36(3)27-8-5-7-25(28(27)32-11-6-14-41-4)29(38)34-37-26-10-9-23(15-20(26)19-33-37)42(39,40)24-17-21(30)16-22(31)18-24/h5,7-10,15-19,32H,6,11-14H2,1-4H3,(H,34,38). The number of fused-ring (bicyclic) bond motifs is 1. The van der Waals surface area contributed by atoms with Gasteiger partial charge in [0.05, 0.1) is 38.4 Å². The van der Waals surface area contributed by atoms with Crippen molar-refractivity contribution in [3.05, 3.63) is 78.0 Å². The second-order valence-corrected chi connectivity index (χ2v) is 12.0. The van der Waals surface area contributed by atoms with E-state index in [1.54, 1.807) is 13.2 Å². The van der Waals surface area contributed by atoms with E-state index in [2.05, 4.69) is 25.6 Å². The molecule has 4 rings (SSSR count). The van der Waals surface area contributed by atoms with Crippen LogP contribution in [0.25, 0.3) is 10.9 Å². The molecule has 13 heteroatoms. The van der Waals surface area contributed by atoms with Crippen LogP contribution in [-0.4, -0.2) is 83.6 Å². The second kappa shape index (κ2) is 13.3. The Balaban J connectivity index is 1.62. The number of likely N-dealkylation sites (N-methyl/N-ethyl adjacent to an activating group) is 2. The van der Waals surface area contributed by atoms with Gasteiger partial charge in [-0.1, -0.05) is 6.07 Å². The van der Waals surface area contributed by atoms with Crippen LogP contribution >= 0.6 is 0 Å². The van der Waals surface area contributed by atoms with Crippen molar-refractivity contribution in [3.63, 3.8) is 0 Å². The predicted molar refractivity (Wildman–Crippen MR) is 158 cm³/mol. The van der Waals surface area contributed by atoms with Gasteiger partial charge in [-0.05, 0) is 63.0 Å². The van der Waals surface area contributed by atoms with Gasteiger partial charge in [-0.3, -0.25) is 4.79 Å². The lowest BCUT2D eigenvalue weighted by Gasteiger charge is -2.26. The van der Waals surface area contributed by atoms with E-state index < -0.39 is 32.3 Å². The van der Waals surface area contributed by atoms with Gasteiger partial charge in [0, 0.05) is 51.9 Å². The number of rotatable bonds is 13. The van der Waals surface area contributed by atoms with E-state index in [1.807, 2.05) is 33.3 Å². The molecule has 0 unspecified atom stereocenters. The van der Waals surface area contributed by atoms with Gasteiger partial charge >= 0.3 is 0 Å². The highest BCUT2D eigenvalue weighted by Gasteiger charge is 2.22. The average Bonchev–Trinajstić information content (AvgIpc) is 3.35. The third-order valence-corrected chi connectivity index (χ3v) is 8.34. The predicted octanol–water partition coefficient (Wildman–Crippen LogP) is 3.98. The summed E-state index contributed by atoms with van der Waals surface area (Å²) in [6.07, 6.45) is 2.14. The summed E-state index contributed by atoms with van der Waals surface area (Å²) in [5, 5.41) is 8.01. The lowest BCUT2D eigenvalue weighted by molar-refractivity contribution is 0.101. The Morgan fingerprint density at radius 2 is 1.74 bits per heavy atom. The summed E-state index contributed by atoms with van der Waals surface area (Å²) in [5.41, 5.74) is 5.13. The summed E-state index contributed by atoms with van der Waals surface area (Å²) in [4.78, 5) is 18.3. The number of sulfone groups is 1. The molecule has 42 heavy (non-hydrogen) atoms. The van der Waals surface area contributed by atoms with Crippen molar-refractivity contribution >= 4 is 38.0 Å². The second-order valence-electron chi connectivity index (χ2n) is 10.0. The van der Waals surface area contributed by atoms with Crippen molar-refractivity contribution in [2.75, 3.05) is 70.1 Å². The summed E-state index contributed by atoms with van der Waals surface area (Å²) in [6, 6.07) is 11.7. The number of halogens is 2. The number of methoxy groups -OCH3 is 1. The molecule has 0 aliphatic heterocycles. The van der Waals surface area contributed by atoms with Crippen LogP contribution in [0.2, 0.25) is 0 Å². The molecule has 4 aromatic rings. The van der Waals surface area contributed by atoms with Gasteiger partial charge in [0.15, 0.2) is 0 Å². The molecule has 0 saturated heterocycles. The Bertz CT molecular complexity index is 1660. The van der Waals surface area contributed by atoms with Crippen molar-refractivity contribution in [1.29, 1.82) is 0 Å². The highest BCUT2D eigenvalue weighted by Crippen LogP contribution is 2.30. The molecule has 1 amide bonds. The minimum atomic E-state index is -4.20. The fraction of sp³-hybridized carbons (Fsp3) is 0.310. The topological polar surface area (TPSA) is 109 Å². The number of nitrogens with zero attached hydrogens (tertiary/aromatic N) is 4. The number of para-hydroxylation sites is 1. The number of anilines is 2. The molecule has 224 valence electrons. The molecule has 1 aromatic heterocycles. The zero-order chi connectivity index (χ0) is 30.4. The van der Waals surface area contributed by atoms with Gasteiger partial charge in [-0.25, -0.2) is 22.6 Å². The smallest absolute Gasteiger partial charge is 0.273 e. The number of amides is 1. The van der Waals surface area contributed by atoms with E-state index in [4.69, 9.17) is 4.74 Å². The number of ether oxygens (including phenoxy) is 1. The maximum Gasteiger partial charge on any atom is 0.273 e. The van der Waals surface area contributed by atoms with E-state index >= 15 is 0 Å². The van der Waals surface area contributed by atoms with Crippen LogP contribution in [0.3, 0.4) is 0 Å². The number of carbonyl (C=O) groups is 1. The van der Waals surface area contributed by atoms with Gasteiger partial charge in [0.1, 0.15) is 11.6 Å². The third kappa shape index (κ3) is 7.04. The monoisotopic (exact) mass is 600 g/mol. The Labute approximate surface area is 243 Å². The fourth-order valence-corrected chi connectivity index (χ4v) is 5.71. The van der Waals surface area contributed by atoms with Crippen molar-refractivity contribution in [2.45, 2.75) is 16.2 Å². The number of aromatic nitrogens is 2. The van der Waals surface area contributed by atoms with Gasteiger partial charge in [-0.2, -0.15) is 9.89 Å². The Morgan fingerprint density at radius 3 is 2.43 bits per heavy atom. The average molecular weight is 601 g/mol. The first-order chi connectivity index (χ1) is 20.0. The van der Waals surface area contributed by atoms with E-state index in [0.29, 0.717) is 41.4 Å². The molecule has 3 aromatic carbocycles. The molecule has 0 atom stereocenters. The molecule has 2 N–H and O–H groups in total. The van der Waals surface area contributed by atoms with Crippen LogP contribution < -0.4 is 15.6 Å². The minimum Gasteiger partial charge on any atom is -0.385 e. The summed E-state index contributed by atoms with van der Waals surface area (Å²) in [7, 11) is 3.39. The number of hydrogen-bond acceptors (Lipinski definition) is 8. The maximum atomic E-state index is 13.7. The molecule has 0 saturated carbocycles. The number of benzene rings is 3. The minimum absolute atomic E-state index is 0.165. The summed E-state index contributed by atoms with van der Waals surface area (Å²) < 4.78 is 58.6. The van der Waals surface area contributed by atoms with E-state index in [9.17, 15) is 22.0 Å². The number of carbonyl (C=O) groups excluding carboxylic acids is 1. The van der Waals surface area contributed by atoms with Crippen LogP contribution in [0, 0.1) is 11.6 Å².